The van der Waals surface area contributed by atoms with Crippen molar-refractivity contribution in [2.75, 3.05) is 6.61 Å². The number of hydrogen-bond acceptors (Lipinski definition) is 4. The fourth-order valence-electron chi connectivity index (χ4n) is 4.05. The smallest absolute Gasteiger partial charge is 0.223 e. The van der Waals surface area contributed by atoms with Crippen molar-refractivity contribution in [2.45, 2.75) is 44.2 Å². The number of ketones is 1. The first-order chi connectivity index (χ1) is 11.0. The molecule has 1 unspecified atom stereocenters. The van der Waals surface area contributed by atoms with Crippen molar-refractivity contribution in [1.29, 1.82) is 0 Å². The third-order valence-corrected chi connectivity index (χ3v) is 5.85. The SMILES string of the molecule is C=CC1C[C@H](C(C)=O)[C@@]2(C[C@@H]3OCCc4c(Br)ccc(c43)O2)O1. The monoisotopic (exact) mass is 378 g/mol. The molecule has 1 saturated heterocycles. The highest BCUT2D eigenvalue weighted by Crippen LogP contribution is 2.53. The van der Waals surface area contributed by atoms with E-state index >= 15 is 0 Å². The quantitative estimate of drug-likeness (QED) is 0.735. The molecule has 0 N–H and O–H groups in total. The third-order valence-electron chi connectivity index (χ3n) is 5.11. The van der Waals surface area contributed by atoms with Crippen LogP contribution in [-0.2, 0) is 20.7 Å². The van der Waals surface area contributed by atoms with Gasteiger partial charge in [-0.3, -0.25) is 4.79 Å². The number of rotatable bonds is 2. The summed E-state index contributed by atoms with van der Waals surface area (Å²) in [6, 6.07) is 3.94. The van der Waals surface area contributed by atoms with Gasteiger partial charge in [0.1, 0.15) is 11.5 Å². The Labute approximate surface area is 143 Å². The summed E-state index contributed by atoms with van der Waals surface area (Å²) in [4.78, 5) is 12.2. The largest absolute Gasteiger partial charge is 0.461 e. The Kier molecular flexibility index (Phi) is 3.63. The first kappa shape index (κ1) is 15.4. The third kappa shape index (κ3) is 2.29. The van der Waals surface area contributed by atoms with Gasteiger partial charge >= 0.3 is 0 Å². The topological polar surface area (TPSA) is 44.8 Å². The van der Waals surface area contributed by atoms with E-state index in [2.05, 4.69) is 22.5 Å². The molecule has 4 atom stereocenters. The Morgan fingerprint density at radius 2 is 2.30 bits per heavy atom. The molecule has 23 heavy (non-hydrogen) atoms. The number of carbonyl (C=O) groups is 1. The van der Waals surface area contributed by atoms with Crippen LogP contribution in [0.1, 0.15) is 37.0 Å². The molecule has 0 bridgehead atoms. The second-order valence-corrected chi connectivity index (χ2v) is 7.31. The Hall–Kier alpha value is -1.17. The maximum atomic E-state index is 12.2. The molecule has 0 amide bonds. The van der Waals surface area contributed by atoms with Crippen LogP contribution in [0.5, 0.6) is 5.75 Å². The van der Waals surface area contributed by atoms with Crippen molar-refractivity contribution >= 4 is 21.7 Å². The summed E-state index contributed by atoms with van der Waals surface area (Å²) in [6.07, 6.45) is 3.51. The van der Waals surface area contributed by atoms with Crippen molar-refractivity contribution in [2.24, 2.45) is 5.92 Å². The van der Waals surface area contributed by atoms with E-state index in [4.69, 9.17) is 14.2 Å². The number of Topliss-reactive ketones (excluding diaryl/α,β-unsaturated/α-hetero) is 1. The van der Waals surface area contributed by atoms with Gasteiger partial charge < -0.3 is 14.2 Å². The lowest BCUT2D eigenvalue weighted by Crippen LogP contribution is -2.49. The van der Waals surface area contributed by atoms with Gasteiger partial charge in [-0.2, -0.15) is 0 Å². The molecule has 0 aliphatic carbocycles. The van der Waals surface area contributed by atoms with Gasteiger partial charge in [-0.1, -0.05) is 22.0 Å². The molecule has 0 aromatic heterocycles. The maximum Gasteiger partial charge on any atom is 0.223 e. The van der Waals surface area contributed by atoms with Gasteiger partial charge in [0.2, 0.25) is 5.79 Å². The fourth-order valence-corrected chi connectivity index (χ4v) is 4.59. The Bertz CT molecular complexity index is 686. The summed E-state index contributed by atoms with van der Waals surface area (Å²) >= 11 is 3.62. The summed E-state index contributed by atoms with van der Waals surface area (Å²) in [5.41, 5.74) is 2.34. The molecule has 3 aliphatic heterocycles. The van der Waals surface area contributed by atoms with Gasteiger partial charge in [0.25, 0.3) is 0 Å². The van der Waals surface area contributed by atoms with E-state index in [1.165, 1.54) is 5.56 Å². The normalized spacial score (nSPS) is 34.8. The van der Waals surface area contributed by atoms with E-state index in [1.54, 1.807) is 13.0 Å². The van der Waals surface area contributed by atoms with Crippen LogP contribution in [0.25, 0.3) is 0 Å². The second kappa shape index (κ2) is 5.43. The summed E-state index contributed by atoms with van der Waals surface area (Å²) in [5.74, 6) is -0.373. The number of halogens is 1. The van der Waals surface area contributed by atoms with Gasteiger partial charge in [0.15, 0.2) is 0 Å². The zero-order valence-electron chi connectivity index (χ0n) is 13.0. The van der Waals surface area contributed by atoms with Crippen LogP contribution >= 0.6 is 15.9 Å². The lowest BCUT2D eigenvalue weighted by atomic mass is 9.83. The van der Waals surface area contributed by atoms with Crippen LogP contribution < -0.4 is 4.74 Å². The summed E-state index contributed by atoms with van der Waals surface area (Å²) in [7, 11) is 0. The molecule has 3 aliphatic rings. The van der Waals surface area contributed by atoms with E-state index in [1.807, 2.05) is 12.1 Å². The van der Waals surface area contributed by atoms with Gasteiger partial charge in [-0.15, -0.1) is 6.58 Å². The molecule has 5 heteroatoms. The van der Waals surface area contributed by atoms with Crippen LogP contribution in [0, 0.1) is 5.92 Å². The van der Waals surface area contributed by atoms with Crippen LogP contribution in [0.15, 0.2) is 29.3 Å². The Morgan fingerprint density at radius 3 is 3.04 bits per heavy atom. The molecular weight excluding hydrogens is 360 g/mol. The van der Waals surface area contributed by atoms with Crippen molar-refractivity contribution in [1.82, 2.24) is 0 Å². The molecule has 0 radical (unpaired) electrons. The molecule has 0 saturated carbocycles. The highest BCUT2D eigenvalue weighted by atomic mass is 79.9. The van der Waals surface area contributed by atoms with Crippen LogP contribution in [0.3, 0.4) is 0 Å². The first-order valence-electron chi connectivity index (χ1n) is 7.97. The fraction of sp³-hybridized carbons (Fsp3) is 0.500. The van der Waals surface area contributed by atoms with Crippen molar-refractivity contribution in [3.63, 3.8) is 0 Å². The van der Waals surface area contributed by atoms with Gasteiger partial charge in [0.05, 0.1) is 24.7 Å². The average Bonchev–Trinajstić information content (AvgIpc) is 2.89. The standard InChI is InChI=1S/C18H19BrO4/c1-3-11-8-13(10(2)20)18(22-11)9-16-17-12(6-7-21-16)14(19)4-5-15(17)23-18/h3-5,11,13,16H,1,6-9H2,2H3/t11?,13-,16+,18+/m1/s1. The molecule has 1 aromatic carbocycles. The van der Waals surface area contributed by atoms with Crippen LogP contribution in [-0.4, -0.2) is 24.3 Å². The summed E-state index contributed by atoms with van der Waals surface area (Å²) in [5, 5.41) is 0. The molecule has 4 nitrogen and oxygen atoms in total. The molecular formula is C18H19BrO4. The Morgan fingerprint density at radius 1 is 1.48 bits per heavy atom. The molecule has 1 spiro atoms. The lowest BCUT2D eigenvalue weighted by molar-refractivity contribution is -0.217. The average molecular weight is 379 g/mol. The van der Waals surface area contributed by atoms with Gasteiger partial charge in [-0.25, -0.2) is 0 Å². The summed E-state index contributed by atoms with van der Waals surface area (Å²) in [6.45, 7) is 6.08. The van der Waals surface area contributed by atoms with E-state index in [9.17, 15) is 4.79 Å². The minimum Gasteiger partial charge on any atom is -0.461 e. The van der Waals surface area contributed by atoms with E-state index < -0.39 is 5.79 Å². The second-order valence-electron chi connectivity index (χ2n) is 6.46. The van der Waals surface area contributed by atoms with Gasteiger partial charge in [0, 0.05) is 16.5 Å². The minimum atomic E-state index is -0.940. The zero-order valence-corrected chi connectivity index (χ0v) is 14.6. The molecule has 4 rings (SSSR count). The first-order valence-corrected chi connectivity index (χ1v) is 8.76. The predicted octanol–water partition coefficient (Wildman–Crippen LogP) is 3.72. The van der Waals surface area contributed by atoms with Crippen LogP contribution in [0.4, 0.5) is 0 Å². The molecule has 3 heterocycles. The number of ether oxygens (including phenoxy) is 3. The van der Waals surface area contributed by atoms with E-state index in [0.717, 1.165) is 22.2 Å². The Balaban J connectivity index is 1.80. The summed E-state index contributed by atoms with van der Waals surface area (Å²) < 4.78 is 19.5. The molecule has 1 aromatic rings. The van der Waals surface area contributed by atoms with Crippen molar-refractivity contribution in [3.05, 3.63) is 40.4 Å². The highest BCUT2D eigenvalue weighted by molar-refractivity contribution is 9.10. The zero-order chi connectivity index (χ0) is 16.2. The van der Waals surface area contributed by atoms with Crippen LogP contribution in [0.2, 0.25) is 0 Å². The lowest BCUT2D eigenvalue weighted by Gasteiger charge is -2.43. The van der Waals surface area contributed by atoms with Crippen molar-refractivity contribution < 1.29 is 19.0 Å². The predicted molar refractivity (Wildman–Crippen MR) is 88.4 cm³/mol. The minimum absolute atomic E-state index is 0.0888. The van der Waals surface area contributed by atoms with Gasteiger partial charge in [-0.05, 0) is 37.5 Å². The number of benzene rings is 1. The van der Waals surface area contributed by atoms with E-state index in [-0.39, 0.29) is 23.9 Å². The molecule has 122 valence electrons. The number of carbonyl (C=O) groups excluding carboxylic acids is 1. The molecule has 1 fully saturated rings. The van der Waals surface area contributed by atoms with E-state index in [0.29, 0.717) is 19.4 Å². The maximum absolute atomic E-state index is 12.2. The number of hydrogen-bond donors (Lipinski definition) is 0. The highest BCUT2D eigenvalue weighted by Gasteiger charge is 2.56. The van der Waals surface area contributed by atoms with Crippen molar-refractivity contribution in [3.8, 4) is 5.75 Å².